The lowest BCUT2D eigenvalue weighted by Crippen LogP contribution is -2.26. The molecule has 0 saturated carbocycles. The van der Waals surface area contributed by atoms with Gasteiger partial charge in [-0.05, 0) is 44.5 Å². The average molecular weight is 330 g/mol. The normalized spacial score (nSPS) is 14.5. The Labute approximate surface area is 124 Å². The van der Waals surface area contributed by atoms with Crippen LogP contribution in [0.25, 0.3) is 0 Å². The second-order valence-electron chi connectivity index (χ2n) is 5.34. The topological polar surface area (TPSA) is 41.5 Å². The standard InChI is InChI=1S/C15H24BrNO2/c1-10(2)8-17-9-13-7-14(16)5-6-15(13)19-12(4)11(3)18/h5-7,10-12,17-18H,8-9H2,1-4H3. The molecule has 0 heterocycles. The van der Waals surface area contributed by atoms with Crippen LogP contribution in [0.15, 0.2) is 22.7 Å². The molecule has 108 valence electrons. The molecule has 0 bridgehead atoms. The summed E-state index contributed by atoms with van der Waals surface area (Å²) in [5.41, 5.74) is 1.10. The van der Waals surface area contributed by atoms with Crippen LogP contribution in [0.2, 0.25) is 0 Å². The lowest BCUT2D eigenvalue weighted by Gasteiger charge is -2.20. The van der Waals surface area contributed by atoms with Crippen LogP contribution in [0.1, 0.15) is 33.3 Å². The van der Waals surface area contributed by atoms with Crippen molar-refractivity contribution in [1.29, 1.82) is 0 Å². The first kappa shape index (κ1) is 16.5. The van der Waals surface area contributed by atoms with E-state index in [1.54, 1.807) is 6.92 Å². The van der Waals surface area contributed by atoms with Gasteiger partial charge in [-0.3, -0.25) is 0 Å². The van der Waals surface area contributed by atoms with Crippen molar-refractivity contribution in [3.05, 3.63) is 28.2 Å². The largest absolute Gasteiger partial charge is 0.488 e. The highest BCUT2D eigenvalue weighted by atomic mass is 79.9. The number of aliphatic hydroxyl groups is 1. The van der Waals surface area contributed by atoms with Gasteiger partial charge in [0.2, 0.25) is 0 Å². The van der Waals surface area contributed by atoms with Crippen LogP contribution < -0.4 is 10.1 Å². The SMILES string of the molecule is CC(C)CNCc1cc(Br)ccc1OC(C)C(C)O. The highest BCUT2D eigenvalue weighted by Crippen LogP contribution is 2.24. The van der Waals surface area contributed by atoms with Crippen molar-refractivity contribution in [2.75, 3.05) is 6.54 Å². The average Bonchev–Trinajstić information content (AvgIpc) is 2.31. The summed E-state index contributed by atoms with van der Waals surface area (Å²) >= 11 is 3.48. The molecule has 2 unspecified atom stereocenters. The molecule has 0 spiro atoms. The van der Waals surface area contributed by atoms with Crippen molar-refractivity contribution in [3.63, 3.8) is 0 Å². The van der Waals surface area contributed by atoms with Crippen LogP contribution in [0.3, 0.4) is 0 Å². The van der Waals surface area contributed by atoms with Gasteiger partial charge in [-0.25, -0.2) is 0 Å². The summed E-state index contributed by atoms with van der Waals surface area (Å²) in [4.78, 5) is 0. The summed E-state index contributed by atoms with van der Waals surface area (Å²) in [5.74, 6) is 1.45. The van der Waals surface area contributed by atoms with Crippen molar-refractivity contribution in [2.24, 2.45) is 5.92 Å². The second-order valence-corrected chi connectivity index (χ2v) is 6.26. The molecule has 0 saturated heterocycles. The zero-order valence-corrected chi connectivity index (χ0v) is 13.7. The number of aliphatic hydroxyl groups excluding tert-OH is 1. The number of nitrogens with one attached hydrogen (secondary N) is 1. The third kappa shape index (κ3) is 5.93. The Balaban J connectivity index is 2.73. The first-order valence-electron chi connectivity index (χ1n) is 6.74. The molecule has 0 aliphatic rings. The number of rotatable bonds is 7. The Bertz CT molecular complexity index is 394. The van der Waals surface area contributed by atoms with Gasteiger partial charge < -0.3 is 15.2 Å². The predicted octanol–water partition coefficient (Wildman–Crippen LogP) is 3.34. The van der Waals surface area contributed by atoms with Gasteiger partial charge in [0.25, 0.3) is 0 Å². The molecule has 4 heteroatoms. The Morgan fingerprint density at radius 3 is 2.53 bits per heavy atom. The van der Waals surface area contributed by atoms with E-state index in [2.05, 4.69) is 41.2 Å². The molecule has 1 rings (SSSR count). The smallest absolute Gasteiger partial charge is 0.124 e. The zero-order chi connectivity index (χ0) is 14.4. The summed E-state index contributed by atoms with van der Waals surface area (Å²) in [7, 11) is 0. The monoisotopic (exact) mass is 329 g/mol. The van der Waals surface area contributed by atoms with E-state index in [4.69, 9.17) is 4.74 Å². The molecule has 0 aromatic heterocycles. The fourth-order valence-electron chi connectivity index (χ4n) is 1.60. The van der Waals surface area contributed by atoms with E-state index in [1.807, 2.05) is 19.1 Å². The van der Waals surface area contributed by atoms with Crippen LogP contribution in [-0.2, 0) is 6.54 Å². The number of hydrogen-bond donors (Lipinski definition) is 2. The van der Waals surface area contributed by atoms with Gasteiger partial charge in [-0.15, -0.1) is 0 Å². The molecule has 1 aromatic rings. The minimum atomic E-state index is -0.486. The Hall–Kier alpha value is -0.580. The molecular weight excluding hydrogens is 306 g/mol. The van der Waals surface area contributed by atoms with Crippen molar-refractivity contribution in [1.82, 2.24) is 5.32 Å². The summed E-state index contributed by atoms with van der Waals surface area (Å²) in [5, 5.41) is 12.9. The quantitative estimate of drug-likeness (QED) is 0.806. The zero-order valence-electron chi connectivity index (χ0n) is 12.1. The van der Waals surface area contributed by atoms with E-state index in [-0.39, 0.29) is 6.10 Å². The van der Waals surface area contributed by atoms with Crippen LogP contribution >= 0.6 is 15.9 Å². The number of ether oxygens (including phenoxy) is 1. The van der Waals surface area contributed by atoms with Crippen molar-refractivity contribution < 1.29 is 9.84 Å². The van der Waals surface area contributed by atoms with Crippen molar-refractivity contribution in [2.45, 2.75) is 46.4 Å². The number of hydrogen-bond acceptors (Lipinski definition) is 3. The highest BCUT2D eigenvalue weighted by Gasteiger charge is 2.13. The first-order valence-corrected chi connectivity index (χ1v) is 7.53. The molecule has 19 heavy (non-hydrogen) atoms. The number of halogens is 1. The van der Waals surface area contributed by atoms with E-state index >= 15 is 0 Å². The van der Waals surface area contributed by atoms with Gasteiger partial charge in [-0.2, -0.15) is 0 Å². The van der Waals surface area contributed by atoms with Gasteiger partial charge in [0.15, 0.2) is 0 Å². The van der Waals surface area contributed by atoms with Crippen molar-refractivity contribution >= 4 is 15.9 Å². The minimum Gasteiger partial charge on any atom is -0.488 e. The van der Waals surface area contributed by atoms with Crippen LogP contribution in [0, 0.1) is 5.92 Å². The molecular formula is C15H24BrNO2. The maximum atomic E-state index is 9.53. The predicted molar refractivity (Wildman–Crippen MR) is 82.5 cm³/mol. The van der Waals surface area contributed by atoms with Crippen LogP contribution in [0.4, 0.5) is 0 Å². The molecule has 0 aliphatic heterocycles. The summed E-state index contributed by atoms with van der Waals surface area (Å²) in [6.07, 6.45) is -0.704. The van der Waals surface area contributed by atoms with E-state index in [9.17, 15) is 5.11 Å². The van der Waals surface area contributed by atoms with Gasteiger partial charge in [-0.1, -0.05) is 29.8 Å². The fourth-order valence-corrected chi connectivity index (χ4v) is 2.00. The Morgan fingerprint density at radius 1 is 1.26 bits per heavy atom. The van der Waals surface area contributed by atoms with E-state index in [0.717, 1.165) is 28.9 Å². The summed E-state index contributed by atoms with van der Waals surface area (Å²) in [6.45, 7) is 9.71. The third-order valence-corrected chi connectivity index (χ3v) is 3.38. The minimum absolute atomic E-state index is 0.218. The van der Waals surface area contributed by atoms with Crippen molar-refractivity contribution in [3.8, 4) is 5.75 Å². The van der Waals surface area contributed by atoms with Gasteiger partial charge in [0.05, 0.1) is 6.10 Å². The molecule has 1 aromatic carbocycles. The van der Waals surface area contributed by atoms with E-state index in [0.29, 0.717) is 5.92 Å². The fraction of sp³-hybridized carbons (Fsp3) is 0.600. The lowest BCUT2D eigenvalue weighted by atomic mass is 10.1. The third-order valence-electron chi connectivity index (χ3n) is 2.88. The molecule has 0 fully saturated rings. The summed E-state index contributed by atoms with van der Waals surface area (Å²) < 4.78 is 6.84. The first-order chi connectivity index (χ1) is 8.90. The molecule has 0 radical (unpaired) electrons. The van der Waals surface area contributed by atoms with Gasteiger partial charge >= 0.3 is 0 Å². The molecule has 0 aliphatic carbocycles. The maximum absolute atomic E-state index is 9.53. The maximum Gasteiger partial charge on any atom is 0.124 e. The van der Waals surface area contributed by atoms with Crippen LogP contribution in [-0.4, -0.2) is 23.9 Å². The lowest BCUT2D eigenvalue weighted by molar-refractivity contribution is 0.0597. The Kier molecular flexibility index (Phi) is 6.83. The van der Waals surface area contributed by atoms with E-state index in [1.165, 1.54) is 0 Å². The highest BCUT2D eigenvalue weighted by molar-refractivity contribution is 9.10. The molecule has 3 nitrogen and oxygen atoms in total. The van der Waals surface area contributed by atoms with Gasteiger partial charge in [0.1, 0.15) is 11.9 Å². The molecule has 2 atom stereocenters. The van der Waals surface area contributed by atoms with Gasteiger partial charge in [0, 0.05) is 16.6 Å². The second kappa shape index (κ2) is 7.88. The Morgan fingerprint density at radius 2 is 1.95 bits per heavy atom. The molecule has 2 N–H and O–H groups in total. The number of benzene rings is 1. The van der Waals surface area contributed by atoms with E-state index < -0.39 is 6.10 Å². The molecule has 0 amide bonds. The van der Waals surface area contributed by atoms with Crippen LogP contribution in [0.5, 0.6) is 5.75 Å². The summed E-state index contributed by atoms with van der Waals surface area (Å²) in [6, 6.07) is 5.95.